The van der Waals surface area contributed by atoms with Gasteiger partial charge in [0.25, 0.3) is 0 Å². The molecule has 0 saturated heterocycles. The zero-order valence-corrected chi connectivity index (χ0v) is 9.86. The normalized spacial score (nSPS) is 17.1. The van der Waals surface area contributed by atoms with Crippen LogP contribution in [0.15, 0.2) is 29.3 Å². The Labute approximate surface area is 97.4 Å². The lowest BCUT2D eigenvalue weighted by atomic mass is 10.2. The van der Waals surface area contributed by atoms with Crippen molar-refractivity contribution >= 4 is 6.21 Å². The van der Waals surface area contributed by atoms with Gasteiger partial charge < -0.3 is 4.74 Å². The van der Waals surface area contributed by atoms with Gasteiger partial charge in [-0.3, -0.25) is 4.99 Å². The van der Waals surface area contributed by atoms with Gasteiger partial charge in [0.15, 0.2) is 0 Å². The van der Waals surface area contributed by atoms with Crippen LogP contribution >= 0.6 is 0 Å². The van der Waals surface area contributed by atoms with Gasteiger partial charge >= 0.3 is 0 Å². The quantitative estimate of drug-likeness (QED) is 0.708. The minimum Gasteiger partial charge on any atom is -0.494 e. The van der Waals surface area contributed by atoms with Crippen molar-refractivity contribution in [3.8, 4) is 5.75 Å². The SMILES string of the molecule is CCOc1ccc(/C=N/C2CCCC2)cc1. The molecule has 1 aromatic rings. The molecule has 0 radical (unpaired) electrons. The molecular weight excluding hydrogens is 198 g/mol. The summed E-state index contributed by atoms with van der Waals surface area (Å²) in [6, 6.07) is 8.68. The van der Waals surface area contributed by atoms with Crippen molar-refractivity contribution in [3.63, 3.8) is 0 Å². The van der Waals surface area contributed by atoms with Crippen molar-refractivity contribution in [1.29, 1.82) is 0 Å². The summed E-state index contributed by atoms with van der Waals surface area (Å²) in [5.74, 6) is 0.931. The average molecular weight is 217 g/mol. The molecule has 1 aromatic carbocycles. The second-order valence-electron chi connectivity index (χ2n) is 4.22. The predicted molar refractivity (Wildman–Crippen MR) is 67.5 cm³/mol. The molecule has 1 aliphatic rings. The molecule has 1 aliphatic carbocycles. The lowest BCUT2D eigenvalue weighted by molar-refractivity contribution is 0.340. The highest BCUT2D eigenvalue weighted by molar-refractivity contribution is 5.79. The fraction of sp³-hybridized carbons (Fsp3) is 0.500. The van der Waals surface area contributed by atoms with Crippen LogP contribution in [-0.2, 0) is 0 Å². The molecule has 0 amide bonds. The highest BCUT2D eigenvalue weighted by atomic mass is 16.5. The van der Waals surface area contributed by atoms with E-state index in [2.05, 4.69) is 17.1 Å². The Balaban J connectivity index is 1.93. The minimum atomic E-state index is 0.562. The van der Waals surface area contributed by atoms with Crippen molar-refractivity contribution in [2.24, 2.45) is 4.99 Å². The van der Waals surface area contributed by atoms with Crippen LogP contribution in [0.2, 0.25) is 0 Å². The van der Waals surface area contributed by atoms with Gasteiger partial charge in [0, 0.05) is 12.3 Å². The van der Waals surface area contributed by atoms with Crippen molar-refractivity contribution in [1.82, 2.24) is 0 Å². The summed E-state index contributed by atoms with van der Waals surface area (Å²) in [4.78, 5) is 4.60. The van der Waals surface area contributed by atoms with Crippen molar-refractivity contribution in [2.45, 2.75) is 38.6 Å². The molecule has 86 valence electrons. The van der Waals surface area contributed by atoms with Crippen molar-refractivity contribution < 1.29 is 4.74 Å². The van der Waals surface area contributed by atoms with E-state index in [0.29, 0.717) is 6.04 Å². The molecule has 0 spiro atoms. The van der Waals surface area contributed by atoms with E-state index in [4.69, 9.17) is 4.74 Å². The standard InChI is InChI=1S/C14H19NO/c1-2-16-14-9-7-12(8-10-14)11-15-13-5-3-4-6-13/h7-11,13H,2-6H2,1H3/b15-11+. The fourth-order valence-corrected chi connectivity index (χ4v) is 2.06. The number of hydrogen-bond donors (Lipinski definition) is 0. The van der Waals surface area contributed by atoms with Gasteiger partial charge in [0.1, 0.15) is 5.75 Å². The molecular formula is C14H19NO. The summed E-state index contributed by atoms with van der Waals surface area (Å²) in [6.45, 7) is 2.71. The van der Waals surface area contributed by atoms with E-state index in [1.54, 1.807) is 0 Å². The maximum Gasteiger partial charge on any atom is 0.119 e. The van der Waals surface area contributed by atoms with Gasteiger partial charge in [-0.15, -0.1) is 0 Å². The van der Waals surface area contributed by atoms with Crippen molar-refractivity contribution in [2.75, 3.05) is 6.61 Å². The molecule has 1 fully saturated rings. The average Bonchev–Trinajstić information content (AvgIpc) is 2.82. The zero-order chi connectivity index (χ0) is 11.2. The summed E-state index contributed by atoms with van der Waals surface area (Å²) < 4.78 is 5.39. The largest absolute Gasteiger partial charge is 0.494 e. The molecule has 2 nitrogen and oxygen atoms in total. The fourth-order valence-electron chi connectivity index (χ4n) is 2.06. The van der Waals surface area contributed by atoms with E-state index in [1.807, 2.05) is 25.3 Å². The molecule has 2 rings (SSSR count). The van der Waals surface area contributed by atoms with Gasteiger partial charge in [-0.2, -0.15) is 0 Å². The highest BCUT2D eigenvalue weighted by Crippen LogP contribution is 2.20. The number of rotatable bonds is 4. The topological polar surface area (TPSA) is 21.6 Å². The summed E-state index contributed by atoms with van der Waals surface area (Å²) in [7, 11) is 0. The Morgan fingerprint density at radius 1 is 1.25 bits per heavy atom. The first-order chi connectivity index (χ1) is 7.88. The van der Waals surface area contributed by atoms with E-state index in [-0.39, 0.29) is 0 Å². The zero-order valence-electron chi connectivity index (χ0n) is 9.86. The summed E-state index contributed by atoms with van der Waals surface area (Å²) in [5.41, 5.74) is 1.16. The van der Waals surface area contributed by atoms with Crippen LogP contribution in [0.4, 0.5) is 0 Å². The Bertz CT molecular complexity index is 336. The number of aliphatic imine (C=N–C) groups is 1. The number of benzene rings is 1. The summed E-state index contributed by atoms with van der Waals surface area (Å²) in [6.07, 6.45) is 7.18. The van der Waals surface area contributed by atoms with Crippen LogP contribution in [0.25, 0.3) is 0 Å². The maximum absolute atomic E-state index is 5.39. The Hall–Kier alpha value is -1.31. The van der Waals surface area contributed by atoms with E-state index >= 15 is 0 Å². The van der Waals surface area contributed by atoms with Gasteiger partial charge in [0.05, 0.1) is 6.61 Å². The molecule has 0 aliphatic heterocycles. The van der Waals surface area contributed by atoms with Gasteiger partial charge in [-0.05, 0) is 49.6 Å². The van der Waals surface area contributed by atoms with Crippen LogP contribution in [0.5, 0.6) is 5.75 Å². The lowest BCUT2D eigenvalue weighted by Crippen LogP contribution is -1.96. The van der Waals surface area contributed by atoms with E-state index in [0.717, 1.165) is 17.9 Å². The Morgan fingerprint density at radius 2 is 1.94 bits per heavy atom. The smallest absolute Gasteiger partial charge is 0.119 e. The minimum absolute atomic E-state index is 0.562. The maximum atomic E-state index is 5.39. The van der Waals surface area contributed by atoms with E-state index < -0.39 is 0 Å². The molecule has 2 heteroatoms. The molecule has 0 unspecified atom stereocenters. The highest BCUT2D eigenvalue weighted by Gasteiger charge is 2.11. The van der Waals surface area contributed by atoms with E-state index in [9.17, 15) is 0 Å². The van der Waals surface area contributed by atoms with Crippen LogP contribution in [0, 0.1) is 0 Å². The van der Waals surface area contributed by atoms with Crippen LogP contribution in [0.3, 0.4) is 0 Å². The van der Waals surface area contributed by atoms with Gasteiger partial charge in [-0.25, -0.2) is 0 Å². The predicted octanol–water partition coefficient (Wildman–Crippen LogP) is 3.45. The van der Waals surface area contributed by atoms with Crippen LogP contribution in [-0.4, -0.2) is 18.9 Å². The first-order valence-corrected chi connectivity index (χ1v) is 6.14. The van der Waals surface area contributed by atoms with Gasteiger partial charge in [-0.1, -0.05) is 12.8 Å². The number of nitrogens with zero attached hydrogens (tertiary/aromatic N) is 1. The lowest BCUT2D eigenvalue weighted by Gasteiger charge is -2.03. The number of hydrogen-bond acceptors (Lipinski definition) is 2. The van der Waals surface area contributed by atoms with Crippen LogP contribution in [0.1, 0.15) is 38.2 Å². The second kappa shape index (κ2) is 5.69. The van der Waals surface area contributed by atoms with E-state index in [1.165, 1.54) is 25.7 Å². The molecule has 0 atom stereocenters. The van der Waals surface area contributed by atoms with Crippen molar-refractivity contribution in [3.05, 3.63) is 29.8 Å². The molecule has 16 heavy (non-hydrogen) atoms. The third kappa shape index (κ3) is 3.09. The second-order valence-corrected chi connectivity index (χ2v) is 4.22. The molecule has 0 N–H and O–H groups in total. The van der Waals surface area contributed by atoms with Gasteiger partial charge in [0.2, 0.25) is 0 Å². The molecule has 0 heterocycles. The number of ether oxygens (including phenoxy) is 1. The Morgan fingerprint density at radius 3 is 2.56 bits per heavy atom. The summed E-state index contributed by atoms with van der Waals surface area (Å²) >= 11 is 0. The third-order valence-electron chi connectivity index (χ3n) is 2.95. The Kier molecular flexibility index (Phi) is 3.97. The molecule has 0 bridgehead atoms. The monoisotopic (exact) mass is 217 g/mol. The molecule has 0 aromatic heterocycles. The van der Waals surface area contributed by atoms with Crippen LogP contribution < -0.4 is 4.74 Å². The first kappa shape index (κ1) is 11.2. The molecule has 1 saturated carbocycles. The first-order valence-electron chi connectivity index (χ1n) is 6.14. The third-order valence-corrected chi connectivity index (χ3v) is 2.95. The summed E-state index contributed by atoms with van der Waals surface area (Å²) in [5, 5.41) is 0.